The number of benzene rings is 2. The Morgan fingerprint density at radius 2 is 1.73 bits per heavy atom. The van der Waals surface area contributed by atoms with Crippen molar-refractivity contribution in [1.82, 2.24) is 10.6 Å². The van der Waals surface area contributed by atoms with E-state index in [4.69, 9.17) is 5.73 Å². The van der Waals surface area contributed by atoms with Crippen molar-refractivity contribution < 1.29 is 14.4 Å². The molecule has 7 nitrogen and oxygen atoms in total. The number of carbonyl (C=O) groups is 3. The summed E-state index contributed by atoms with van der Waals surface area (Å²) < 4.78 is 0. The highest BCUT2D eigenvalue weighted by molar-refractivity contribution is 8.00. The maximum absolute atomic E-state index is 12.9. The Bertz CT molecular complexity index is 958. The van der Waals surface area contributed by atoms with Crippen molar-refractivity contribution in [2.75, 3.05) is 17.6 Å². The summed E-state index contributed by atoms with van der Waals surface area (Å²) in [4.78, 5) is 37.0. The molecule has 4 amide bonds. The fourth-order valence-corrected chi connectivity index (χ4v) is 4.86. The molecular weight excluding hydrogens is 436 g/mol. The van der Waals surface area contributed by atoms with Crippen LogP contribution in [0.2, 0.25) is 0 Å². The van der Waals surface area contributed by atoms with Crippen molar-refractivity contribution in [2.45, 2.75) is 50.0 Å². The molecule has 0 bridgehead atoms. The van der Waals surface area contributed by atoms with Gasteiger partial charge in [0.25, 0.3) is 5.91 Å². The number of nitrogens with two attached hydrogens (primary N) is 1. The molecule has 8 heteroatoms. The third kappa shape index (κ3) is 7.82. The Morgan fingerprint density at radius 3 is 2.42 bits per heavy atom. The number of carbonyl (C=O) groups excluding carboxylic acids is 3. The summed E-state index contributed by atoms with van der Waals surface area (Å²) in [6.07, 6.45) is 6.20. The van der Waals surface area contributed by atoms with Gasteiger partial charge in [0.05, 0.1) is 17.4 Å². The lowest BCUT2D eigenvalue weighted by atomic mass is 9.89. The van der Waals surface area contributed by atoms with Gasteiger partial charge in [0.15, 0.2) is 0 Å². The van der Waals surface area contributed by atoms with E-state index in [0.717, 1.165) is 17.0 Å². The summed E-state index contributed by atoms with van der Waals surface area (Å²) >= 11 is 1.38. The molecule has 2 aromatic rings. The van der Waals surface area contributed by atoms with Gasteiger partial charge in [0, 0.05) is 17.1 Å². The first-order chi connectivity index (χ1) is 15.9. The molecule has 0 heterocycles. The Kier molecular flexibility index (Phi) is 9.18. The van der Waals surface area contributed by atoms with Crippen LogP contribution in [-0.4, -0.2) is 30.1 Å². The van der Waals surface area contributed by atoms with Crippen LogP contribution in [0.25, 0.3) is 0 Å². The van der Waals surface area contributed by atoms with E-state index in [1.54, 1.807) is 18.2 Å². The van der Waals surface area contributed by atoms with Crippen LogP contribution < -0.4 is 21.7 Å². The second kappa shape index (κ2) is 12.3. The molecule has 0 radical (unpaired) electrons. The number of anilines is 1. The molecule has 1 saturated carbocycles. The molecular formula is C25H32N4O3S. The normalized spacial score (nSPS) is 14.8. The number of amides is 4. The van der Waals surface area contributed by atoms with Gasteiger partial charge in [-0.1, -0.05) is 43.5 Å². The number of urea groups is 1. The Hall–Kier alpha value is -3.00. The number of hydrogen-bond donors (Lipinski definition) is 4. The Morgan fingerprint density at radius 1 is 1.03 bits per heavy atom. The molecule has 3 rings (SSSR count). The fourth-order valence-electron chi connectivity index (χ4n) is 3.98. The summed E-state index contributed by atoms with van der Waals surface area (Å²) in [5.41, 5.74) is 7.15. The largest absolute Gasteiger partial charge is 0.355 e. The van der Waals surface area contributed by atoms with Gasteiger partial charge < -0.3 is 21.7 Å². The second-order valence-corrected chi connectivity index (χ2v) is 9.42. The van der Waals surface area contributed by atoms with Crippen LogP contribution in [0.4, 0.5) is 10.5 Å². The predicted octanol–water partition coefficient (Wildman–Crippen LogP) is 4.46. The highest BCUT2D eigenvalue weighted by Crippen LogP contribution is 2.25. The molecule has 0 aliphatic heterocycles. The van der Waals surface area contributed by atoms with Gasteiger partial charge in [-0.3, -0.25) is 9.59 Å². The molecule has 1 aliphatic rings. The molecule has 1 atom stereocenters. The average molecular weight is 469 g/mol. The van der Waals surface area contributed by atoms with Crippen molar-refractivity contribution in [2.24, 2.45) is 11.7 Å². The predicted molar refractivity (Wildman–Crippen MR) is 132 cm³/mol. The molecule has 1 unspecified atom stereocenters. The third-order valence-corrected chi connectivity index (χ3v) is 6.90. The van der Waals surface area contributed by atoms with Gasteiger partial charge in [-0.05, 0) is 55.5 Å². The highest BCUT2D eigenvalue weighted by Gasteiger charge is 2.17. The zero-order chi connectivity index (χ0) is 23.6. The summed E-state index contributed by atoms with van der Waals surface area (Å²) in [5, 5.41) is 8.56. The van der Waals surface area contributed by atoms with Crippen LogP contribution in [0.15, 0.2) is 53.4 Å². The number of primary amides is 1. The first-order valence-electron chi connectivity index (χ1n) is 11.4. The number of rotatable bonds is 9. The molecule has 0 aromatic heterocycles. The van der Waals surface area contributed by atoms with Crippen LogP contribution in [0.1, 0.15) is 61.0 Å². The summed E-state index contributed by atoms with van der Waals surface area (Å²) in [6, 6.07) is 13.6. The van der Waals surface area contributed by atoms with Crippen molar-refractivity contribution in [3.8, 4) is 0 Å². The lowest BCUT2D eigenvalue weighted by Gasteiger charge is -2.21. The molecule has 176 valence electrons. The monoisotopic (exact) mass is 468 g/mol. The summed E-state index contributed by atoms with van der Waals surface area (Å²) in [5.74, 6) is 0.667. The average Bonchev–Trinajstić information content (AvgIpc) is 2.82. The molecule has 0 saturated heterocycles. The lowest BCUT2D eigenvalue weighted by molar-refractivity contribution is -0.118. The molecule has 33 heavy (non-hydrogen) atoms. The minimum absolute atomic E-state index is 0.00110. The maximum Gasteiger partial charge on any atom is 0.316 e. The van der Waals surface area contributed by atoms with E-state index in [1.807, 2.05) is 37.3 Å². The quantitative estimate of drug-likeness (QED) is 0.407. The van der Waals surface area contributed by atoms with E-state index >= 15 is 0 Å². The minimum Gasteiger partial charge on any atom is -0.355 e. The van der Waals surface area contributed by atoms with Gasteiger partial charge in [-0.15, -0.1) is 11.8 Å². The van der Waals surface area contributed by atoms with Crippen LogP contribution in [0.3, 0.4) is 0 Å². The second-order valence-electron chi connectivity index (χ2n) is 8.40. The molecule has 2 aromatic carbocycles. The minimum atomic E-state index is -0.624. The third-order valence-electron chi connectivity index (χ3n) is 5.83. The van der Waals surface area contributed by atoms with Crippen LogP contribution in [0.5, 0.6) is 0 Å². The molecule has 0 spiro atoms. The van der Waals surface area contributed by atoms with Crippen LogP contribution in [-0.2, 0) is 4.79 Å². The smallest absolute Gasteiger partial charge is 0.316 e. The van der Waals surface area contributed by atoms with E-state index in [2.05, 4.69) is 16.0 Å². The summed E-state index contributed by atoms with van der Waals surface area (Å²) in [6.45, 7) is 2.63. The van der Waals surface area contributed by atoms with E-state index < -0.39 is 6.03 Å². The Labute approximate surface area is 199 Å². The molecule has 1 aliphatic carbocycles. The standard InChI is InChI=1S/C25H32N4O3S/c1-17(19-11-13-20(14-12-19)29-25(26)32)28-24(31)21-9-5-6-10-22(21)33-16-23(30)27-15-18-7-3-2-4-8-18/h5-6,9-14,17-18H,2-4,7-8,15-16H2,1H3,(H,27,30)(H,28,31)(H3,26,29,32). The number of hydrogen-bond acceptors (Lipinski definition) is 4. The Balaban J connectivity index is 1.53. The van der Waals surface area contributed by atoms with Gasteiger partial charge in [0.1, 0.15) is 0 Å². The molecule has 5 N–H and O–H groups in total. The first kappa shape index (κ1) is 24.6. The van der Waals surface area contributed by atoms with Crippen LogP contribution in [0, 0.1) is 5.92 Å². The topological polar surface area (TPSA) is 113 Å². The van der Waals surface area contributed by atoms with Crippen LogP contribution >= 0.6 is 11.8 Å². The van der Waals surface area contributed by atoms with Crippen molar-refractivity contribution in [3.05, 3.63) is 59.7 Å². The van der Waals surface area contributed by atoms with Crippen molar-refractivity contribution in [1.29, 1.82) is 0 Å². The van der Waals surface area contributed by atoms with Gasteiger partial charge >= 0.3 is 6.03 Å². The van der Waals surface area contributed by atoms with Gasteiger partial charge in [0.2, 0.25) is 5.91 Å². The van der Waals surface area contributed by atoms with E-state index in [0.29, 0.717) is 17.2 Å². The fraction of sp³-hybridized carbons (Fsp3) is 0.400. The molecule has 1 fully saturated rings. The number of nitrogens with one attached hydrogen (secondary N) is 3. The first-order valence-corrected chi connectivity index (χ1v) is 12.4. The van der Waals surface area contributed by atoms with E-state index in [1.165, 1.54) is 43.9 Å². The SMILES string of the molecule is CC(NC(=O)c1ccccc1SCC(=O)NCC1CCCCC1)c1ccc(NC(N)=O)cc1. The number of thioether (sulfide) groups is 1. The van der Waals surface area contributed by atoms with Crippen molar-refractivity contribution in [3.63, 3.8) is 0 Å². The van der Waals surface area contributed by atoms with Gasteiger partial charge in [-0.2, -0.15) is 0 Å². The van der Waals surface area contributed by atoms with Gasteiger partial charge in [-0.25, -0.2) is 4.79 Å². The van der Waals surface area contributed by atoms with E-state index in [9.17, 15) is 14.4 Å². The summed E-state index contributed by atoms with van der Waals surface area (Å²) in [7, 11) is 0. The zero-order valence-electron chi connectivity index (χ0n) is 18.9. The van der Waals surface area contributed by atoms with Crippen molar-refractivity contribution >= 4 is 35.3 Å². The van der Waals surface area contributed by atoms with E-state index in [-0.39, 0.29) is 23.6 Å². The maximum atomic E-state index is 12.9. The lowest BCUT2D eigenvalue weighted by Crippen LogP contribution is -2.31. The zero-order valence-corrected chi connectivity index (χ0v) is 19.8. The highest BCUT2D eigenvalue weighted by atomic mass is 32.2.